The Kier molecular flexibility index (Phi) is 3.88. The average molecular weight is 299 g/mol. The van der Waals surface area contributed by atoms with E-state index in [1.807, 2.05) is 24.3 Å². The molecule has 21 heavy (non-hydrogen) atoms. The quantitative estimate of drug-likeness (QED) is 0.940. The molecule has 0 bridgehead atoms. The van der Waals surface area contributed by atoms with Crippen LogP contribution in [0.2, 0.25) is 0 Å². The standard InChI is InChI=1S/C17H17NO2S/c1-11-6-7-12-9-16(21-15(12)8-11)17(19)18-13-4-3-5-14(10-13)20-2/h3-8,10,16H,9H2,1-2H3,(H,18,19). The molecule has 1 aliphatic rings. The van der Waals surface area contributed by atoms with Crippen molar-refractivity contribution in [2.75, 3.05) is 12.4 Å². The summed E-state index contributed by atoms with van der Waals surface area (Å²) in [5.74, 6) is 0.785. The summed E-state index contributed by atoms with van der Waals surface area (Å²) in [6.07, 6.45) is 0.788. The first-order chi connectivity index (χ1) is 10.2. The highest BCUT2D eigenvalue weighted by Gasteiger charge is 2.28. The third-order valence-corrected chi connectivity index (χ3v) is 4.83. The highest BCUT2D eigenvalue weighted by Crippen LogP contribution is 2.38. The Balaban J connectivity index is 1.70. The van der Waals surface area contributed by atoms with Crippen LogP contribution in [0, 0.1) is 6.92 Å². The van der Waals surface area contributed by atoms with E-state index in [1.165, 1.54) is 16.0 Å². The number of anilines is 1. The molecule has 2 aromatic carbocycles. The van der Waals surface area contributed by atoms with Gasteiger partial charge in [-0.3, -0.25) is 4.79 Å². The van der Waals surface area contributed by atoms with Gasteiger partial charge in [0.15, 0.2) is 0 Å². The van der Waals surface area contributed by atoms with Gasteiger partial charge in [0.2, 0.25) is 5.91 Å². The maximum absolute atomic E-state index is 12.4. The van der Waals surface area contributed by atoms with Crippen LogP contribution in [-0.4, -0.2) is 18.3 Å². The molecule has 1 unspecified atom stereocenters. The van der Waals surface area contributed by atoms with Crippen molar-refractivity contribution in [2.45, 2.75) is 23.5 Å². The van der Waals surface area contributed by atoms with Crippen LogP contribution in [0.5, 0.6) is 5.75 Å². The molecule has 0 fully saturated rings. The Morgan fingerprint density at radius 1 is 1.29 bits per heavy atom. The van der Waals surface area contributed by atoms with Gasteiger partial charge in [-0.1, -0.05) is 23.8 Å². The zero-order chi connectivity index (χ0) is 14.8. The second-order valence-electron chi connectivity index (χ2n) is 5.14. The van der Waals surface area contributed by atoms with Gasteiger partial charge in [-0.05, 0) is 37.1 Å². The van der Waals surface area contributed by atoms with Gasteiger partial charge in [-0.2, -0.15) is 0 Å². The molecule has 0 saturated carbocycles. The van der Waals surface area contributed by atoms with E-state index in [4.69, 9.17) is 4.74 Å². The van der Waals surface area contributed by atoms with E-state index in [0.717, 1.165) is 17.9 Å². The van der Waals surface area contributed by atoms with Gasteiger partial charge in [0.05, 0.1) is 12.4 Å². The number of aryl methyl sites for hydroxylation is 1. The predicted molar refractivity (Wildman–Crippen MR) is 86.2 cm³/mol. The van der Waals surface area contributed by atoms with Crippen molar-refractivity contribution in [3.8, 4) is 5.75 Å². The van der Waals surface area contributed by atoms with Crippen LogP contribution in [0.15, 0.2) is 47.4 Å². The van der Waals surface area contributed by atoms with Crippen LogP contribution >= 0.6 is 11.8 Å². The summed E-state index contributed by atoms with van der Waals surface area (Å²) < 4.78 is 5.17. The first-order valence-corrected chi connectivity index (χ1v) is 7.75. The van der Waals surface area contributed by atoms with Crippen molar-refractivity contribution in [1.29, 1.82) is 0 Å². The number of nitrogens with one attached hydrogen (secondary N) is 1. The minimum Gasteiger partial charge on any atom is -0.497 e. The fourth-order valence-corrected chi connectivity index (χ4v) is 3.70. The molecule has 1 aliphatic heterocycles. The van der Waals surface area contributed by atoms with Crippen molar-refractivity contribution < 1.29 is 9.53 Å². The highest BCUT2D eigenvalue weighted by atomic mass is 32.2. The maximum atomic E-state index is 12.4. The molecular formula is C17H17NO2S. The van der Waals surface area contributed by atoms with Gasteiger partial charge in [-0.15, -0.1) is 11.8 Å². The Bertz CT molecular complexity index is 684. The number of carbonyl (C=O) groups excluding carboxylic acids is 1. The number of fused-ring (bicyclic) bond motifs is 1. The highest BCUT2D eigenvalue weighted by molar-refractivity contribution is 8.01. The molecule has 3 nitrogen and oxygen atoms in total. The summed E-state index contributed by atoms with van der Waals surface area (Å²) >= 11 is 1.64. The van der Waals surface area contributed by atoms with Gasteiger partial charge in [0.1, 0.15) is 5.75 Å². The van der Waals surface area contributed by atoms with E-state index in [2.05, 4.69) is 30.4 Å². The predicted octanol–water partition coefficient (Wildman–Crippen LogP) is 3.66. The molecule has 1 N–H and O–H groups in total. The molecular weight excluding hydrogens is 282 g/mol. The normalized spacial score (nSPS) is 16.4. The number of rotatable bonds is 3. The van der Waals surface area contributed by atoms with Gasteiger partial charge in [0, 0.05) is 16.6 Å². The van der Waals surface area contributed by atoms with Crippen molar-refractivity contribution in [2.24, 2.45) is 0 Å². The van der Waals surface area contributed by atoms with Crippen molar-refractivity contribution in [1.82, 2.24) is 0 Å². The number of ether oxygens (including phenoxy) is 1. The largest absolute Gasteiger partial charge is 0.497 e. The van der Waals surface area contributed by atoms with E-state index in [0.29, 0.717) is 0 Å². The van der Waals surface area contributed by atoms with E-state index in [1.54, 1.807) is 18.9 Å². The molecule has 0 aliphatic carbocycles. The maximum Gasteiger partial charge on any atom is 0.238 e. The van der Waals surface area contributed by atoms with Gasteiger partial charge >= 0.3 is 0 Å². The first kappa shape index (κ1) is 14.0. The Morgan fingerprint density at radius 2 is 2.14 bits per heavy atom. The molecule has 1 heterocycles. The Labute approximate surface area is 128 Å². The second-order valence-corrected chi connectivity index (χ2v) is 6.39. The summed E-state index contributed by atoms with van der Waals surface area (Å²) in [6.45, 7) is 2.07. The molecule has 3 rings (SSSR count). The molecule has 108 valence electrons. The lowest BCUT2D eigenvalue weighted by Gasteiger charge is -2.10. The van der Waals surface area contributed by atoms with Crippen LogP contribution in [0.25, 0.3) is 0 Å². The number of amides is 1. The van der Waals surface area contributed by atoms with Crippen LogP contribution in [-0.2, 0) is 11.2 Å². The third kappa shape index (κ3) is 3.05. The SMILES string of the molecule is COc1cccc(NC(=O)C2Cc3ccc(C)cc3S2)c1. The lowest BCUT2D eigenvalue weighted by Crippen LogP contribution is -2.24. The van der Waals surface area contributed by atoms with E-state index in [-0.39, 0.29) is 11.2 Å². The fourth-order valence-electron chi connectivity index (χ4n) is 2.40. The molecule has 0 radical (unpaired) electrons. The Morgan fingerprint density at radius 3 is 2.95 bits per heavy atom. The lowest BCUT2D eigenvalue weighted by atomic mass is 10.1. The molecule has 1 atom stereocenters. The number of benzene rings is 2. The average Bonchev–Trinajstić information content (AvgIpc) is 2.90. The molecule has 0 spiro atoms. The molecule has 4 heteroatoms. The fraction of sp³-hybridized carbons (Fsp3) is 0.235. The summed E-state index contributed by atoms with van der Waals surface area (Å²) in [6, 6.07) is 13.8. The van der Waals surface area contributed by atoms with E-state index < -0.39 is 0 Å². The number of hydrogen-bond donors (Lipinski definition) is 1. The number of thioether (sulfide) groups is 1. The van der Waals surface area contributed by atoms with Gasteiger partial charge < -0.3 is 10.1 Å². The number of hydrogen-bond acceptors (Lipinski definition) is 3. The lowest BCUT2D eigenvalue weighted by molar-refractivity contribution is -0.115. The number of carbonyl (C=O) groups is 1. The van der Waals surface area contributed by atoms with Crippen LogP contribution < -0.4 is 10.1 Å². The summed E-state index contributed by atoms with van der Waals surface area (Å²) in [4.78, 5) is 13.6. The van der Waals surface area contributed by atoms with Crippen molar-refractivity contribution in [3.05, 3.63) is 53.6 Å². The van der Waals surface area contributed by atoms with Gasteiger partial charge in [-0.25, -0.2) is 0 Å². The van der Waals surface area contributed by atoms with E-state index >= 15 is 0 Å². The number of methoxy groups -OCH3 is 1. The third-order valence-electron chi connectivity index (χ3n) is 3.53. The second kappa shape index (κ2) is 5.82. The van der Waals surface area contributed by atoms with Crippen LogP contribution in [0.4, 0.5) is 5.69 Å². The monoisotopic (exact) mass is 299 g/mol. The topological polar surface area (TPSA) is 38.3 Å². The molecule has 0 aromatic heterocycles. The van der Waals surface area contributed by atoms with Crippen molar-refractivity contribution in [3.63, 3.8) is 0 Å². The van der Waals surface area contributed by atoms with E-state index in [9.17, 15) is 4.79 Å². The smallest absolute Gasteiger partial charge is 0.238 e. The molecule has 1 amide bonds. The zero-order valence-electron chi connectivity index (χ0n) is 12.1. The van der Waals surface area contributed by atoms with Crippen molar-refractivity contribution >= 4 is 23.4 Å². The summed E-state index contributed by atoms with van der Waals surface area (Å²) in [7, 11) is 1.62. The Hall–Kier alpha value is -1.94. The van der Waals surface area contributed by atoms with Crippen LogP contribution in [0.3, 0.4) is 0 Å². The minimum atomic E-state index is -0.0620. The van der Waals surface area contributed by atoms with Gasteiger partial charge in [0.25, 0.3) is 0 Å². The van der Waals surface area contributed by atoms with Crippen LogP contribution in [0.1, 0.15) is 11.1 Å². The molecule has 2 aromatic rings. The zero-order valence-corrected chi connectivity index (χ0v) is 12.9. The first-order valence-electron chi connectivity index (χ1n) is 6.87. The summed E-state index contributed by atoms with van der Waals surface area (Å²) in [5.41, 5.74) is 3.26. The minimum absolute atomic E-state index is 0.0436. The molecule has 0 saturated heterocycles. The summed E-state index contributed by atoms with van der Waals surface area (Å²) in [5, 5.41) is 2.91.